The van der Waals surface area contributed by atoms with Crippen LogP contribution in [0.1, 0.15) is 36.2 Å². The van der Waals surface area contributed by atoms with Gasteiger partial charge < -0.3 is 5.32 Å². The second kappa shape index (κ2) is 5.65. The fourth-order valence-corrected chi connectivity index (χ4v) is 3.38. The van der Waals surface area contributed by atoms with Crippen molar-refractivity contribution in [2.75, 3.05) is 6.54 Å². The highest BCUT2D eigenvalue weighted by Gasteiger charge is 2.62. The van der Waals surface area contributed by atoms with E-state index in [0.717, 1.165) is 6.07 Å². The molecule has 0 saturated heterocycles. The number of hydrogen-bond acceptors (Lipinski definition) is 1. The highest BCUT2D eigenvalue weighted by atomic mass is 19.1. The maximum atomic E-state index is 14.2. The number of benzene rings is 2. The van der Waals surface area contributed by atoms with Gasteiger partial charge in [0.1, 0.15) is 17.5 Å². The lowest BCUT2D eigenvalue weighted by Gasteiger charge is -2.22. The Morgan fingerprint density at radius 2 is 1.62 bits per heavy atom. The Kier molecular flexibility index (Phi) is 3.90. The average Bonchev–Trinajstić information content (AvgIpc) is 3.08. The first-order chi connectivity index (χ1) is 11.2. The molecule has 1 aliphatic rings. The smallest absolute Gasteiger partial charge is 0.251 e. The van der Waals surface area contributed by atoms with Gasteiger partial charge >= 0.3 is 0 Å². The molecule has 5 heteroatoms. The molecule has 126 valence electrons. The van der Waals surface area contributed by atoms with Crippen molar-refractivity contribution in [1.29, 1.82) is 0 Å². The van der Waals surface area contributed by atoms with Gasteiger partial charge in [0.05, 0.1) is 0 Å². The number of hydrogen-bond donors (Lipinski definition) is 1. The molecule has 3 rings (SSSR count). The van der Waals surface area contributed by atoms with Crippen molar-refractivity contribution in [2.24, 2.45) is 5.41 Å². The Balaban J connectivity index is 1.80. The second-order valence-electron chi connectivity index (χ2n) is 6.96. The summed E-state index contributed by atoms with van der Waals surface area (Å²) >= 11 is 0. The lowest BCUT2D eigenvalue weighted by molar-refractivity contribution is 0.0947. The predicted octanol–water partition coefficient (Wildman–Crippen LogP) is 4.20. The SMILES string of the molecule is CC1(C)CC1(CNC(=O)c1ccc(F)cc1)c1ccc(F)cc1F. The third kappa shape index (κ3) is 2.79. The summed E-state index contributed by atoms with van der Waals surface area (Å²) in [5.74, 6) is -1.99. The zero-order valence-corrected chi connectivity index (χ0v) is 13.5. The van der Waals surface area contributed by atoms with E-state index in [-0.39, 0.29) is 17.9 Å². The largest absolute Gasteiger partial charge is 0.351 e. The normalized spacial score (nSPS) is 21.4. The van der Waals surface area contributed by atoms with Gasteiger partial charge in [0.15, 0.2) is 0 Å². The molecule has 2 nitrogen and oxygen atoms in total. The van der Waals surface area contributed by atoms with E-state index in [1.165, 1.54) is 36.4 Å². The highest BCUT2D eigenvalue weighted by Crippen LogP contribution is 2.64. The Morgan fingerprint density at radius 3 is 2.17 bits per heavy atom. The van der Waals surface area contributed by atoms with E-state index in [1.807, 2.05) is 13.8 Å². The molecule has 0 aliphatic heterocycles. The van der Waals surface area contributed by atoms with Gasteiger partial charge in [0, 0.05) is 23.6 Å². The summed E-state index contributed by atoms with van der Waals surface area (Å²) < 4.78 is 40.3. The van der Waals surface area contributed by atoms with Gasteiger partial charge in [0.2, 0.25) is 0 Å². The van der Waals surface area contributed by atoms with E-state index in [4.69, 9.17) is 0 Å². The zero-order chi connectivity index (χ0) is 17.5. The molecule has 24 heavy (non-hydrogen) atoms. The van der Waals surface area contributed by atoms with Crippen LogP contribution >= 0.6 is 0 Å². The van der Waals surface area contributed by atoms with E-state index in [9.17, 15) is 18.0 Å². The van der Waals surface area contributed by atoms with Crippen molar-refractivity contribution in [3.63, 3.8) is 0 Å². The Labute approximate surface area is 138 Å². The summed E-state index contributed by atoms with van der Waals surface area (Å²) in [6.45, 7) is 4.21. The Morgan fingerprint density at radius 1 is 1.04 bits per heavy atom. The molecule has 1 amide bonds. The molecule has 1 aliphatic carbocycles. The molecule has 2 aromatic carbocycles. The summed E-state index contributed by atoms with van der Waals surface area (Å²) in [7, 11) is 0. The van der Waals surface area contributed by atoms with Crippen molar-refractivity contribution in [3.05, 3.63) is 71.0 Å². The Hall–Kier alpha value is -2.30. The molecular formula is C19H18F3NO. The summed E-state index contributed by atoms with van der Waals surface area (Å²) in [6.07, 6.45) is 0.687. The fourth-order valence-electron chi connectivity index (χ4n) is 3.38. The van der Waals surface area contributed by atoms with Crippen LogP contribution in [0, 0.1) is 22.9 Å². The van der Waals surface area contributed by atoms with E-state index in [2.05, 4.69) is 5.32 Å². The van der Waals surface area contributed by atoms with Crippen LogP contribution < -0.4 is 5.32 Å². The van der Waals surface area contributed by atoms with E-state index >= 15 is 0 Å². The van der Waals surface area contributed by atoms with Gasteiger partial charge in [0.25, 0.3) is 5.91 Å². The minimum absolute atomic E-state index is 0.207. The first-order valence-corrected chi connectivity index (χ1v) is 7.74. The van der Waals surface area contributed by atoms with Crippen LogP contribution in [0.3, 0.4) is 0 Å². The quantitative estimate of drug-likeness (QED) is 0.892. The molecule has 1 saturated carbocycles. The number of nitrogens with one attached hydrogen (secondary N) is 1. The third-order valence-electron chi connectivity index (χ3n) is 5.02. The van der Waals surface area contributed by atoms with E-state index < -0.39 is 22.9 Å². The van der Waals surface area contributed by atoms with Crippen LogP contribution in [0.25, 0.3) is 0 Å². The maximum absolute atomic E-state index is 14.2. The molecule has 1 atom stereocenters. The lowest BCUT2D eigenvalue weighted by atomic mass is 9.87. The monoisotopic (exact) mass is 333 g/mol. The fraction of sp³-hybridized carbons (Fsp3) is 0.316. The highest BCUT2D eigenvalue weighted by molar-refractivity contribution is 5.94. The summed E-state index contributed by atoms with van der Waals surface area (Å²) in [6, 6.07) is 8.77. The summed E-state index contributed by atoms with van der Waals surface area (Å²) in [5.41, 5.74) is -0.0275. The molecule has 0 heterocycles. The molecule has 0 spiro atoms. The first-order valence-electron chi connectivity index (χ1n) is 7.74. The van der Waals surface area contributed by atoms with Gasteiger partial charge in [-0.25, -0.2) is 13.2 Å². The van der Waals surface area contributed by atoms with Crippen molar-refractivity contribution < 1.29 is 18.0 Å². The van der Waals surface area contributed by atoms with Crippen LogP contribution in [-0.2, 0) is 5.41 Å². The topological polar surface area (TPSA) is 29.1 Å². The van der Waals surface area contributed by atoms with Gasteiger partial charge in [-0.1, -0.05) is 19.9 Å². The van der Waals surface area contributed by atoms with Crippen molar-refractivity contribution >= 4 is 5.91 Å². The van der Waals surface area contributed by atoms with Gasteiger partial charge in [-0.2, -0.15) is 0 Å². The van der Waals surface area contributed by atoms with E-state index in [1.54, 1.807) is 0 Å². The summed E-state index contributed by atoms with van der Waals surface area (Å²) in [4.78, 5) is 12.2. The number of halogens is 3. The number of carbonyl (C=O) groups excluding carboxylic acids is 1. The standard InChI is InChI=1S/C19H18F3NO/c1-18(2)10-19(18,15-8-7-14(21)9-16(15)22)11-23-17(24)12-3-5-13(20)6-4-12/h3-9H,10-11H2,1-2H3,(H,23,24). The molecular weight excluding hydrogens is 315 g/mol. The summed E-state index contributed by atoms with van der Waals surface area (Å²) in [5, 5.41) is 2.80. The number of amides is 1. The second-order valence-corrected chi connectivity index (χ2v) is 6.96. The van der Waals surface area contributed by atoms with Crippen LogP contribution in [0.4, 0.5) is 13.2 Å². The minimum Gasteiger partial charge on any atom is -0.351 e. The molecule has 2 aromatic rings. The predicted molar refractivity (Wildman–Crippen MR) is 85.2 cm³/mol. The molecule has 1 unspecified atom stereocenters. The van der Waals surface area contributed by atoms with Gasteiger partial charge in [-0.15, -0.1) is 0 Å². The van der Waals surface area contributed by atoms with Gasteiger partial charge in [-0.3, -0.25) is 4.79 Å². The maximum Gasteiger partial charge on any atom is 0.251 e. The lowest BCUT2D eigenvalue weighted by Crippen LogP contribution is -2.35. The molecule has 0 aromatic heterocycles. The molecule has 0 bridgehead atoms. The van der Waals surface area contributed by atoms with Crippen molar-refractivity contribution in [3.8, 4) is 0 Å². The first kappa shape index (κ1) is 16.6. The average molecular weight is 333 g/mol. The zero-order valence-electron chi connectivity index (χ0n) is 13.5. The van der Waals surface area contributed by atoms with Crippen LogP contribution in [0.2, 0.25) is 0 Å². The third-order valence-corrected chi connectivity index (χ3v) is 5.02. The molecule has 0 radical (unpaired) electrons. The van der Waals surface area contributed by atoms with Crippen LogP contribution in [-0.4, -0.2) is 12.5 Å². The Bertz CT molecular complexity index is 786. The van der Waals surface area contributed by atoms with Gasteiger partial charge in [-0.05, 0) is 47.7 Å². The minimum atomic E-state index is -0.625. The van der Waals surface area contributed by atoms with Crippen molar-refractivity contribution in [1.82, 2.24) is 5.32 Å². The van der Waals surface area contributed by atoms with Crippen molar-refractivity contribution in [2.45, 2.75) is 25.7 Å². The molecule has 1 N–H and O–H groups in total. The van der Waals surface area contributed by atoms with Crippen LogP contribution in [0.5, 0.6) is 0 Å². The molecule has 1 fully saturated rings. The van der Waals surface area contributed by atoms with E-state index in [0.29, 0.717) is 17.5 Å². The number of carbonyl (C=O) groups is 1. The number of rotatable bonds is 4. The van der Waals surface area contributed by atoms with Crippen LogP contribution in [0.15, 0.2) is 42.5 Å².